The van der Waals surface area contributed by atoms with Crippen LogP contribution in [0.4, 0.5) is 0 Å². The van der Waals surface area contributed by atoms with Gasteiger partial charge in [-0.25, -0.2) is 0 Å². The Labute approximate surface area is 121 Å². The summed E-state index contributed by atoms with van der Waals surface area (Å²) in [5, 5.41) is 9.28. The number of hydrogen-bond donors (Lipinski definition) is 1. The lowest BCUT2D eigenvalue weighted by molar-refractivity contribution is -0.136. The van der Waals surface area contributed by atoms with Crippen molar-refractivity contribution in [1.29, 1.82) is 0 Å². The molecule has 0 fully saturated rings. The van der Waals surface area contributed by atoms with Crippen LogP contribution in [0.2, 0.25) is 5.02 Å². The maximum atomic E-state index is 11.1. The fourth-order valence-corrected chi connectivity index (χ4v) is 2.79. The lowest BCUT2D eigenvalue weighted by atomic mass is 10.0. The van der Waals surface area contributed by atoms with Gasteiger partial charge < -0.3 is 5.11 Å². The maximum Gasteiger partial charge on any atom is 0.321 e. The Balaban J connectivity index is 2.33. The molecule has 1 unspecified atom stereocenters. The van der Waals surface area contributed by atoms with Gasteiger partial charge in [-0.1, -0.05) is 54.1 Å². The molecule has 0 bridgehead atoms. The Morgan fingerprint density at radius 3 is 2.32 bits per heavy atom. The quantitative estimate of drug-likeness (QED) is 0.902. The summed E-state index contributed by atoms with van der Waals surface area (Å²) in [6.07, 6.45) is 1.79. The number of hydrogen-bond acceptors (Lipinski definition) is 2. The molecule has 4 heteroatoms. The molecular weight excluding hydrogens is 280 g/mol. The van der Waals surface area contributed by atoms with Crippen LogP contribution in [-0.4, -0.2) is 17.3 Å². The van der Waals surface area contributed by atoms with E-state index >= 15 is 0 Å². The van der Waals surface area contributed by atoms with E-state index in [0.29, 0.717) is 5.02 Å². The molecule has 2 nitrogen and oxygen atoms in total. The predicted molar refractivity (Wildman–Crippen MR) is 80.8 cm³/mol. The van der Waals surface area contributed by atoms with E-state index in [1.165, 1.54) is 11.8 Å². The second-order valence-electron chi connectivity index (χ2n) is 4.06. The van der Waals surface area contributed by atoms with Crippen LogP contribution in [0.1, 0.15) is 10.8 Å². The molecule has 0 heterocycles. The molecule has 0 saturated heterocycles. The van der Waals surface area contributed by atoms with E-state index in [1.807, 2.05) is 48.5 Å². The molecule has 0 aliphatic carbocycles. The number of rotatable bonds is 4. The minimum atomic E-state index is -0.821. The number of aliphatic carboxylic acids is 1. The molecule has 2 rings (SSSR count). The molecule has 0 aromatic heterocycles. The van der Waals surface area contributed by atoms with Crippen molar-refractivity contribution in [3.05, 3.63) is 59.1 Å². The van der Waals surface area contributed by atoms with Gasteiger partial charge in [0.1, 0.15) is 5.25 Å². The van der Waals surface area contributed by atoms with Crippen molar-refractivity contribution in [1.82, 2.24) is 0 Å². The first-order chi connectivity index (χ1) is 9.13. The van der Waals surface area contributed by atoms with Crippen molar-refractivity contribution in [3.8, 4) is 11.1 Å². The summed E-state index contributed by atoms with van der Waals surface area (Å²) in [5.41, 5.74) is 2.72. The van der Waals surface area contributed by atoms with Crippen LogP contribution >= 0.6 is 23.4 Å². The van der Waals surface area contributed by atoms with Crippen molar-refractivity contribution in [2.75, 3.05) is 6.26 Å². The van der Waals surface area contributed by atoms with Crippen LogP contribution in [0.25, 0.3) is 11.1 Å². The summed E-state index contributed by atoms with van der Waals surface area (Å²) in [7, 11) is 0. The zero-order chi connectivity index (χ0) is 13.8. The Kier molecular flexibility index (Phi) is 4.51. The van der Waals surface area contributed by atoms with Crippen molar-refractivity contribution >= 4 is 29.3 Å². The number of halogens is 1. The van der Waals surface area contributed by atoms with E-state index in [1.54, 1.807) is 6.26 Å². The molecule has 0 aliphatic rings. The summed E-state index contributed by atoms with van der Waals surface area (Å²) in [6, 6.07) is 15.1. The van der Waals surface area contributed by atoms with Crippen molar-refractivity contribution in [2.45, 2.75) is 5.25 Å². The standard InChI is InChI=1S/C15H13ClO2S/c1-19-14(15(17)18)11-8-6-10(7-9-11)12-4-2-3-5-13(12)16/h2-9,14H,1H3,(H,17,18). The summed E-state index contributed by atoms with van der Waals surface area (Å²) < 4.78 is 0. The van der Waals surface area contributed by atoms with E-state index < -0.39 is 11.2 Å². The van der Waals surface area contributed by atoms with Crippen LogP contribution in [0.3, 0.4) is 0 Å². The average molecular weight is 293 g/mol. The van der Waals surface area contributed by atoms with E-state index in [0.717, 1.165) is 16.7 Å². The van der Waals surface area contributed by atoms with Gasteiger partial charge in [0.15, 0.2) is 0 Å². The highest BCUT2D eigenvalue weighted by atomic mass is 35.5. The SMILES string of the molecule is CSC(C(=O)O)c1ccc(-c2ccccc2Cl)cc1. The van der Waals surface area contributed by atoms with Crippen LogP contribution in [0.15, 0.2) is 48.5 Å². The van der Waals surface area contributed by atoms with Gasteiger partial charge in [-0.05, 0) is 23.4 Å². The van der Waals surface area contributed by atoms with Gasteiger partial charge in [-0.15, -0.1) is 11.8 Å². The highest BCUT2D eigenvalue weighted by Crippen LogP contribution is 2.31. The van der Waals surface area contributed by atoms with Crippen LogP contribution in [-0.2, 0) is 4.79 Å². The van der Waals surface area contributed by atoms with Crippen LogP contribution in [0, 0.1) is 0 Å². The fourth-order valence-electron chi connectivity index (χ4n) is 1.91. The third-order valence-electron chi connectivity index (χ3n) is 2.86. The number of benzene rings is 2. The summed E-state index contributed by atoms with van der Waals surface area (Å²) in [6.45, 7) is 0. The zero-order valence-corrected chi connectivity index (χ0v) is 11.9. The van der Waals surface area contributed by atoms with Gasteiger partial charge in [0.2, 0.25) is 0 Å². The number of thioether (sulfide) groups is 1. The monoisotopic (exact) mass is 292 g/mol. The summed E-state index contributed by atoms with van der Waals surface area (Å²) in [4.78, 5) is 11.1. The van der Waals surface area contributed by atoms with E-state index in [2.05, 4.69) is 0 Å². The van der Waals surface area contributed by atoms with E-state index in [-0.39, 0.29) is 0 Å². The van der Waals surface area contributed by atoms with Gasteiger partial charge in [0.05, 0.1) is 0 Å². The molecule has 19 heavy (non-hydrogen) atoms. The smallest absolute Gasteiger partial charge is 0.321 e. The summed E-state index contributed by atoms with van der Waals surface area (Å²) in [5.74, 6) is -0.821. The first-order valence-electron chi connectivity index (χ1n) is 5.74. The maximum absolute atomic E-state index is 11.1. The largest absolute Gasteiger partial charge is 0.480 e. The molecule has 2 aromatic carbocycles. The van der Waals surface area contributed by atoms with E-state index in [9.17, 15) is 4.79 Å². The minimum Gasteiger partial charge on any atom is -0.480 e. The predicted octanol–water partition coefficient (Wildman–Crippen LogP) is 4.50. The Bertz CT molecular complexity index is 581. The molecule has 98 valence electrons. The second-order valence-corrected chi connectivity index (χ2v) is 5.41. The Morgan fingerprint density at radius 2 is 1.79 bits per heavy atom. The normalized spacial score (nSPS) is 12.1. The summed E-state index contributed by atoms with van der Waals surface area (Å²) >= 11 is 7.45. The van der Waals surface area contributed by atoms with Crippen molar-refractivity contribution in [2.24, 2.45) is 0 Å². The number of carbonyl (C=O) groups is 1. The minimum absolute atomic E-state index is 0.528. The number of carboxylic acid groups (broad SMARTS) is 1. The van der Waals surface area contributed by atoms with Crippen LogP contribution < -0.4 is 0 Å². The zero-order valence-electron chi connectivity index (χ0n) is 10.3. The van der Waals surface area contributed by atoms with Gasteiger partial charge in [-0.2, -0.15) is 0 Å². The molecular formula is C15H13ClO2S. The molecule has 1 atom stereocenters. The van der Waals surface area contributed by atoms with Gasteiger partial charge >= 0.3 is 5.97 Å². The highest BCUT2D eigenvalue weighted by molar-refractivity contribution is 7.99. The first kappa shape index (κ1) is 14.0. The molecule has 0 saturated carbocycles. The third-order valence-corrected chi connectivity index (χ3v) is 4.13. The molecule has 0 radical (unpaired) electrons. The third kappa shape index (κ3) is 3.11. The highest BCUT2D eigenvalue weighted by Gasteiger charge is 2.18. The molecule has 0 spiro atoms. The van der Waals surface area contributed by atoms with Crippen molar-refractivity contribution in [3.63, 3.8) is 0 Å². The molecule has 1 N–H and O–H groups in total. The molecule has 2 aromatic rings. The Morgan fingerprint density at radius 1 is 1.16 bits per heavy atom. The van der Waals surface area contributed by atoms with Gasteiger partial charge in [-0.3, -0.25) is 4.79 Å². The Hall–Kier alpha value is -1.45. The lowest BCUT2D eigenvalue weighted by Gasteiger charge is -2.11. The van der Waals surface area contributed by atoms with Crippen LogP contribution in [0.5, 0.6) is 0 Å². The van der Waals surface area contributed by atoms with E-state index in [4.69, 9.17) is 16.7 Å². The second kappa shape index (κ2) is 6.13. The molecule has 0 aliphatic heterocycles. The fraction of sp³-hybridized carbons (Fsp3) is 0.133. The van der Waals surface area contributed by atoms with Crippen molar-refractivity contribution < 1.29 is 9.90 Å². The molecule has 0 amide bonds. The number of carboxylic acids is 1. The topological polar surface area (TPSA) is 37.3 Å². The lowest BCUT2D eigenvalue weighted by Crippen LogP contribution is -2.07. The van der Waals surface area contributed by atoms with Gasteiger partial charge in [0.25, 0.3) is 0 Å². The average Bonchev–Trinajstić information content (AvgIpc) is 2.41. The van der Waals surface area contributed by atoms with Gasteiger partial charge in [0, 0.05) is 10.6 Å². The first-order valence-corrected chi connectivity index (χ1v) is 7.40.